The van der Waals surface area contributed by atoms with E-state index in [4.69, 9.17) is 5.73 Å². The summed E-state index contributed by atoms with van der Waals surface area (Å²) < 4.78 is 0. The fourth-order valence-corrected chi connectivity index (χ4v) is 3.01. The minimum atomic E-state index is 0.00740. The van der Waals surface area contributed by atoms with Gasteiger partial charge in [-0.15, -0.1) is 11.3 Å². The molecule has 0 atom stereocenters. The van der Waals surface area contributed by atoms with Crippen molar-refractivity contribution in [3.63, 3.8) is 0 Å². The molecule has 1 aliphatic heterocycles. The first kappa shape index (κ1) is 13.8. The first-order valence-corrected chi connectivity index (χ1v) is 7.70. The lowest BCUT2D eigenvalue weighted by atomic mass is 10.2. The molecule has 0 spiro atoms. The van der Waals surface area contributed by atoms with Crippen LogP contribution in [-0.4, -0.2) is 47.0 Å². The Morgan fingerprint density at radius 2 is 2.10 bits per heavy atom. The molecule has 0 aromatic carbocycles. The maximum Gasteiger partial charge on any atom is 0.273 e. The number of piperazine rings is 1. The van der Waals surface area contributed by atoms with Crippen molar-refractivity contribution in [1.29, 1.82) is 0 Å². The summed E-state index contributed by atoms with van der Waals surface area (Å²) in [5.41, 5.74) is 7.16. The van der Waals surface area contributed by atoms with Gasteiger partial charge in [-0.25, -0.2) is 9.97 Å². The highest BCUT2D eigenvalue weighted by Gasteiger charge is 2.24. The van der Waals surface area contributed by atoms with E-state index in [1.54, 1.807) is 6.20 Å². The fraction of sp³-hybridized carbons (Fsp3) is 0.357. The van der Waals surface area contributed by atoms with Gasteiger partial charge in [-0.2, -0.15) is 0 Å². The smallest absolute Gasteiger partial charge is 0.273 e. The molecule has 21 heavy (non-hydrogen) atoms. The Bertz CT molecular complexity index is 648. The number of carbonyl (C=O) groups is 1. The van der Waals surface area contributed by atoms with Gasteiger partial charge in [-0.05, 0) is 19.1 Å². The lowest BCUT2D eigenvalue weighted by molar-refractivity contribution is 0.0741. The van der Waals surface area contributed by atoms with Gasteiger partial charge in [0, 0.05) is 37.8 Å². The Balaban J connectivity index is 1.65. The monoisotopic (exact) mass is 303 g/mol. The van der Waals surface area contributed by atoms with E-state index in [1.165, 1.54) is 11.3 Å². The molecule has 2 aromatic rings. The van der Waals surface area contributed by atoms with Crippen LogP contribution < -0.4 is 10.6 Å². The molecule has 2 N–H and O–H groups in total. The minimum Gasteiger partial charge on any atom is -0.396 e. The molecule has 3 rings (SSSR count). The summed E-state index contributed by atoms with van der Waals surface area (Å²) in [4.78, 5) is 24.9. The van der Waals surface area contributed by atoms with Gasteiger partial charge in [0.1, 0.15) is 5.69 Å². The Morgan fingerprint density at radius 1 is 1.33 bits per heavy atom. The van der Waals surface area contributed by atoms with Crippen LogP contribution in [0.25, 0.3) is 0 Å². The van der Waals surface area contributed by atoms with Gasteiger partial charge in [-0.3, -0.25) is 4.79 Å². The molecule has 0 aliphatic carbocycles. The predicted octanol–water partition coefficient (Wildman–Crippen LogP) is 1.39. The van der Waals surface area contributed by atoms with Crippen molar-refractivity contribution in [2.24, 2.45) is 0 Å². The third-order valence-corrected chi connectivity index (χ3v) is 4.29. The molecule has 7 heteroatoms. The zero-order chi connectivity index (χ0) is 14.8. The number of anilines is 2. The number of thiazole rings is 1. The van der Waals surface area contributed by atoms with Gasteiger partial charge in [0.15, 0.2) is 5.82 Å². The van der Waals surface area contributed by atoms with Crippen molar-refractivity contribution in [3.8, 4) is 0 Å². The second-order valence-electron chi connectivity index (χ2n) is 4.95. The summed E-state index contributed by atoms with van der Waals surface area (Å²) in [5, 5.41) is 2.74. The number of aromatic nitrogens is 2. The van der Waals surface area contributed by atoms with Crippen LogP contribution in [0.5, 0.6) is 0 Å². The van der Waals surface area contributed by atoms with E-state index in [1.807, 2.05) is 29.3 Å². The van der Waals surface area contributed by atoms with Crippen LogP contribution in [0.3, 0.4) is 0 Å². The minimum absolute atomic E-state index is 0.00740. The second-order valence-corrected chi connectivity index (χ2v) is 6.01. The number of carbonyl (C=O) groups excluding carboxylic acids is 1. The largest absolute Gasteiger partial charge is 0.396 e. The molecular weight excluding hydrogens is 286 g/mol. The number of rotatable bonds is 2. The van der Waals surface area contributed by atoms with Crippen LogP contribution in [0, 0.1) is 6.92 Å². The molecule has 0 radical (unpaired) electrons. The molecule has 1 saturated heterocycles. The maximum atomic E-state index is 12.3. The number of nitrogen functional groups attached to an aromatic ring is 1. The molecule has 2 aromatic heterocycles. The van der Waals surface area contributed by atoms with E-state index in [9.17, 15) is 4.79 Å². The molecule has 0 unspecified atom stereocenters. The molecule has 110 valence electrons. The van der Waals surface area contributed by atoms with Crippen LogP contribution in [-0.2, 0) is 0 Å². The standard InChI is InChI=1S/C14H17N5OS/c1-10-17-12(9-21-10)14(20)19-7-5-18(6-8-19)13-11(15)3-2-4-16-13/h2-4,9H,5-8,15H2,1H3. The van der Waals surface area contributed by atoms with Crippen LogP contribution in [0.1, 0.15) is 15.5 Å². The molecule has 0 saturated carbocycles. The summed E-state index contributed by atoms with van der Waals surface area (Å²) in [6.07, 6.45) is 1.74. The highest BCUT2D eigenvalue weighted by atomic mass is 32.1. The normalized spacial score (nSPS) is 15.3. The molecule has 1 amide bonds. The fourth-order valence-electron chi connectivity index (χ4n) is 2.42. The van der Waals surface area contributed by atoms with Crippen molar-refractivity contribution in [3.05, 3.63) is 34.4 Å². The van der Waals surface area contributed by atoms with E-state index in [2.05, 4.69) is 14.9 Å². The van der Waals surface area contributed by atoms with Crippen molar-refractivity contribution < 1.29 is 4.79 Å². The van der Waals surface area contributed by atoms with Gasteiger partial charge >= 0.3 is 0 Å². The molecule has 3 heterocycles. The average molecular weight is 303 g/mol. The molecule has 6 nitrogen and oxygen atoms in total. The summed E-state index contributed by atoms with van der Waals surface area (Å²) >= 11 is 1.50. The Kier molecular flexibility index (Phi) is 3.74. The lowest BCUT2D eigenvalue weighted by Gasteiger charge is -2.35. The number of hydrogen-bond donors (Lipinski definition) is 1. The quantitative estimate of drug-likeness (QED) is 0.907. The highest BCUT2D eigenvalue weighted by molar-refractivity contribution is 7.09. The third kappa shape index (κ3) is 2.82. The van der Waals surface area contributed by atoms with E-state index in [0.717, 1.165) is 23.9 Å². The molecule has 0 bridgehead atoms. The van der Waals surface area contributed by atoms with E-state index < -0.39 is 0 Å². The Hall–Kier alpha value is -2.15. The molecular formula is C14H17N5OS. The van der Waals surface area contributed by atoms with Gasteiger partial charge < -0.3 is 15.5 Å². The number of aryl methyl sites for hydroxylation is 1. The number of nitrogens with two attached hydrogens (primary N) is 1. The molecule has 1 fully saturated rings. The number of amides is 1. The van der Waals surface area contributed by atoms with Crippen LogP contribution in [0.2, 0.25) is 0 Å². The van der Waals surface area contributed by atoms with Crippen molar-refractivity contribution >= 4 is 28.7 Å². The van der Waals surface area contributed by atoms with Crippen molar-refractivity contribution in [2.45, 2.75) is 6.92 Å². The zero-order valence-corrected chi connectivity index (χ0v) is 12.6. The SMILES string of the molecule is Cc1nc(C(=O)N2CCN(c3ncccc3N)CC2)cs1. The Morgan fingerprint density at radius 3 is 2.71 bits per heavy atom. The summed E-state index contributed by atoms with van der Waals surface area (Å²) in [6.45, 7) is 4.69. The predicted molar refractivity (Wildman–Crippen MR) is 83.6 cm³/mol. The number of hydrogen-bond acceptors (Lipinski definition) is 6. The third-order valence-electron chi connectivity index (χ3n) is 3.52. The van der Waals surface area contributed by atoms with Crippen LogP contribution in [0.4, 0.5) is 11.5 Å². The Labute approximate surface area is 127 Å². The van der Waals surface area contributed by atoms with E-state index in [-0.39, 0.29) is 5.91 Å². The van der Waals surface area contributed by atoms with Gasteiger partial charge in [0.05, 0.1) is 10.7 Å². The maximum absolute atomic E-state index is 12.3. The van der Waals surface area contributed by atoms with E-state index >= 15 is 0 Å². The summed E-state index contributed by atoms with van der Waals surface area (Å²) in [5.74, 6) is 0.807. The summed E-state index contributed by atoms with van der Waals surface area (Å²) in [7, 11) is 0. The van der Waals surface area contributed by atoms with Gasteiger partial charge in [0.25, 0.3) is 5.91 Å². The number of pyridine rings is 1. The number of nitrogens with zero attached hydrogens (tertiary/aromatic N) is 4. The first-order chi connectivity index (χ1) is 10.1. The van der Waals surface area contributed by atoms with Gasteiger partial charge in [0.2, 0.25) is 0 Å². The van der Waals surface area contributed by atoms with Crippen molar-refractivity contribution in [2.75, 3.05) is 36.8 Å². The van der Waals surface area contributed by atoms with Crippen LogP contribution >= 0.6 is 11.3 Å². The van der Waals surface area contributed by atoms with E-state index in [0.29, 0.717) is 24.5 Å². The first-order valence-electron chi connectivity index (χ1n) is 6.82. The zero-order valence-electron chi connectivity index (χ0n) is 11.8. The van der Waals surface area contributed by atoms with Gasteiger partial charge in [-0.1, -0.05) is 0 Å². The highest BCUT2D eigenvalue weighted by Crippen LogP contribution is 2.21. The van der Waals surface area contributed by atoms with Crippen molar-refractivity contribution in [1.82, 2.24) is 14.9 Å². The van der Waals surface area contributed by atoms with Crippen LogP contribution in [0.15, 0.2) is 23.7 Å². The summed E-state index contributed by atoms with van der Waals surface area (Å²) in [6, 6.07) is 3.67. The average Bonchev–Trinajstić information content (AvgIpc) is 2.94. The topological polar surface area (TPSA) is 75.4 Å². The second kappa shape index (κ2) is 5.69. The lowest BCUT2D eigenvalue weighted by Crippen LogP contribution is -2.49. The molecule has 1 aliphatic rings.